The van der Waals surface area contributed by atoms with Crippen LogP contribution in [-0.2, 0) is 19.6 Å². The summed E-state index contributed by atoms with van der Waals surface area (Å²) in [5, 5.41) is 29.1. The van der Waals surface area contributed by atoms with E-state index in [9.17, 15) is 23.4 Å². The Bertz CT molecular complexity index is 846. The lowest BCUT2D eigenvalue weighted by Crippen LogP contribution is -2.67. The van der Waals surface area contributed by atoms with Gasteiger partial charge in [0, 0.05) is 13.7 Å². The van der Waals surface area contributed by atoms with Crippen molar-refractivity contribution >= 4 is 15.9 Å². The Balaban J connectivity index is 2.37. The number of nitrogens with one attached hydrogen (secondary N) is 1. The number of aliphatic hydroxyl groups excluding tert-OH is 2. The van der Waals surface area contributed by atoms with Crippen molar-refractivity contribution < 1.29 is 38.1 Å². The maximum atomic E-state index is 13.1. The molecule has 0 bridgehead atoms. The SMILES string of the molecule is CC#CCOc1ccc(S(=O)(=O)N2C[C@H](O)[C@H](O)[C@@H](OC)[C@@H]2C(=O)NO)cc1. The van der Waals surface area contributed by atoms with Crippen LogP contribution in [0.25, 0.3) is 0 Å². The molecular formula is C17H22N2O8S. The largest absolute Gasteiger partial charge is 0.481 e. The van der Waals surface area contributed by atoms with Gasteiger partial charge in [0.25, 0.3) is 5.91 Å². The molecular weight excluding hydrogens is 392 g/mol. The maximum Gasteiger partial charge on any atom is 0.264 e. The van der Waals surface area contributed by atoms with E-state index in [0.717, 1.165) is 7.11 Å². The van der Waals surface area contributed by atoms with Crippen LogP contribution >= 0.6 is 0 Å². The van der Waals surface area contributed by atoms with Gasteiger partial charge in [0.15, 0.2) is 0 Å². The first-order valence-electron chi connectivity index (χ1n) is 8.25. The third-order valence-electron chi connectivity index (χ3n) is 4.29. The monoisotopic (exact) mass is 414 g/mol. The van der Waals surface area contributed by atoms with E-state index in [0.29, 0.717) is 10.1 Å². The number of carbonyl (C=O) groups excluding carboxylic acids is 1. The minimum atomic E-state index is -4.28. The number of β-amino-alcohol motifs (C(OH)–C–C–N with tert-alkyl or cyclic N) is 1. The average molecular weight is 414 g/mol. The number of piperidine rings is 1. The van der Waals surface area contributed by atoms with Gasteiger partial charge in [-0.1, -0.05) is 5.92 Å². The molecule has 1 aromatic rings. The van der Waals surface area contributed by atoms with Crippen molar-refractivity contribution in [1.82, 2.24) is 9.79 Å². The molecule has 0 radical (unpaired) electrons. The van der Waals surface area contributed by atoms with Crippen LogP contribution in [0.5, 0.6) is 5.75 Å². The first kappa shape index (κ1) is 22.1. The van der Waals surface area contributed by atoms with E-state index in [-0.39, 0.29) is 11.5 Å². The standard InChI is InChI=1S/C17H22N2O8S/c1-3-4-9-27-11-5-7-12(8-6-11)28(24,25)19-10-13(20)15(21)16(26-2)14(19)17(22)18-23/h5-8,13-16,20-21,23H,9-10H2,1-2H3,(H,18,22)/t13-,14+,15-,16-/m0/s1. The molecule has 0 unspecified atom stereocenters. The number of sulfonamides is 1. The molecule has 1 aromatic carbocycles. The first-order chi connectivity index (χ1) is 13.3. The highest BCUT2D eigenvalue weighted by molar-refractivity contribution is 7.89. The molecule has 1 heterocycles. The molecule has 0 aromatic heterocycles. The number of rotatable bonds is 6. The summed E-state index contributed by atoms with van der Waals surface area (Å²) in [7, 11) is -3.13. The van der Waals surface area contributed by atoms with Crippen molar-refractivity contribution in [3.63, 3.8) is 0 Å². The highest BCUT2D eigenvalue weighted by Gasteiger charge is 2.51. The Hall–Kier alpha value is -2.20. The van der Waals surface area contributed by atoms with Gasteiger partial charge in [0.2, 0.25) is 10.0 Å². The summed E-state index contributed by atoms with van der Waals surface area (Å²) >= 11 is 0. The lowest BCUT2D eigenvalue weighted by atomic mass is 9.95. The second kappa shape index (κ2) is 9.33. The zero-order valence-corrected chi connectivity index (χ0v) is 16.1. The first-order valence-corrected chi connectivity index (χ1v) is 9.69. The van der Waals surface area contributed by atoms with Gasteiger partial charge in [-0.2, -0.15) is 4.31 Å². The highest BCUT2D eigenvalue weighted by atomic mass is 32.2. The van der Waals surface area contributed by atoms with Crippen LogP contribution in [-0.4, -0.2) is 78.7 Å². The van der Waals surface area contributed by atoms with Crippen LogP contribution in [0.15, 0.2) is 29.2 Å². The van der Waals surface area contributed by atoms with E-state index in [1.807, 2.05) is 0 Å². The minimum Gasteiger partial charge on any atom is -0.481 e. The van der Waals surface area contributed by atoms with Crippen molar-refractivity contribution in [3.05, 3.63) is 24.3 Å². The van der Waals surface area contributed by atoms with Gasteiger partial charge in [-0.25, -0.2) is 13.9 Å². The lowest BCUT2D eigenvalue weighted by Gasteiger charge is -2.42. The molecule has 1 aliphatic rings. The van der Waals surface area contributed by atoms with Gasteiger partial charge in [-0.15, -0.1) is 5.92 Å². The van der Waals surface area contributed by atoms with Crippen LogP contribution in [0.3, 0.4) is 0 Å². The number of aliphatic hydroxyl groups is 2. The molecule has 0 saturated carbocycles. The van der Waals surface area contributed by atoms with Crippen LogP contribution < -0.4 is 10.2 Å². The Morgan fingerprint density at radius 3 is 2.50 bits per heavy atom. The molecule has 1 amide bonds. The molecule has 0 aliphatic carbocycles. The summed E-state index contributed by atoms with van der Waals surface area (Å²) in [5.74, 6) is 4.67. The summed E-state index contributed by atoms with van der Waals surface area (Å²) in [6.45, 7) is 1.24. The molecule has 1 saturated heterocycles. The zero-order chi connectivity index (χ0) is 20.9. The average Bonchev–Trinajstić information content (AvgIpc) is 2.69. The maximum absolute atomic E-state index is 13.1. The third kappa shape index (κ3) is 4.44. The Kier molecular flexibility index (Phi) is 7.36. The summed E-state index contributed by atoms with van der Waals surface area (Å²) in [6, 6.07) is 3.81. The van der Waals surface area contributed by atoms with Crippen LogP contribution in [0, 0.1) is 11.8 Å². The fraction of sp³-hybridized carbons (Fsp3) is 0.471. The van der Waals surface area contributed by atoms with Crippen molar-refractivity contribution in [2.75, 3.05) is 20.3 Å². The minimum absolute atomic E-state index is 0.146. The van der Waals surface area contributed by atoms with E-state index < -0.39 is 46.8 Å². The molecule has 154 valence electrons. The predicted octanol–water partition coefficient (Wildman–Crippen LogP) is -1.30. The molecule has 2 rings (SSSR count). The molecule has 10 nitrogen and oxygen atoms in total. The number of benzene rings is 1. The molecule has 11 heteroatoms. The molecule has 4 atom stereocenters. The number of amides is 1. The number of hydrogen-bond acceptors (Lipinski definition) is 8. The number of ether oxygens (including phenoxy) is 2. The van der Waals surface area contributed by atoms with Crippen LogP contribution in [0.2, 0.25) is 0 Å². The van der Waals surface area contributed by atoms with Gasteiger partial charge in [-0.3, -0.25) is 10.0 Å². The predicted molar refractivity (Wildman–Crippen MR) is 95.8 cm³/mol. The molecule has 0 spiro atoms. The van der Waals surface area contributed by atoms with Crippen LogP contribution in [0.4, 0.5) is 0 Å². The molecule has 1 aliphatic heterocycles. The molecule has 1 fully saturated rings. The Morgan fingerprint density at radius 2 is 1.96 bits per heavy atom. The van der Waals surface area contributed by atoms with Gasteiger partial charge in [0.05, 0.1) is 11.0 Å². The Labute approximate surface area is 162 Å². The summed E-state index contributed by atoms with van der Waals surface area (Å²) in [5.41, 5.74) is 1.38. The second-order valence-electron chi connectivity index (χ2n) is 5.94. The normalized spacial score (nSPS) is 25.5. The van der Waals surface area contributed by atoms with E-state index >= 15 is 0 Å². The quantitative estimate of drug-likeness (QED) is 0.255. The van der Waals surface area contributed by atoms with Gasteiger partial charge >= 0.3 is 0 Å². The second-order valence-corrected chi connectivity index (χ2v) is 7.83. The summed E-state index contributed by atoms with van der Waals surface area (Å²) < 4.78 is 37.1. The topological polar surface area (TPSA) is 146 Å². The zero-order valence-electron chi connectivity index (χ0n) is 15.3. The molecule has 4 N–H and O–H groups in total. The lowest BCUT2D eigenvalue weighted by molar-refractivity contribution is -0.159. The third-order valence-corrected chi connectivity index (χ3v) is 6.15. The fourth-order valence-corrected chi connectivity index (χ4v) is 4.49. The summed E-state index contributed by atoms with van der Waals surface area (Å²) in [4.78, 5) is 11.9. The number of hydrogen-bond donors (Lipinski definition) is 4. The highest BCUT2D eigenvalue weighted by Crippen LogP contribution is 2.29. The number of methoxy groups -OCH3 is 1. The van der Waals surface area contributed by atoms with Gasteiger partial charge < -0.3 is 19.7 Å². The summed E-state index contributed by atoms with van der Waals surface area (Å²) in [6.07, 6.45) is -4.40. The van der Waals surface area contributed by atoms with Crippen molar-refractivity contribution in [2.24, 2.45) is 0 Å². The fourth-order valence-electron chi connectivity index (χ4n) is 2.87. The number of carbonyl (C=O) groups is 1. The van der Waals surface area contributed by atoms with Gasteiger partial charge in [-0.05, 0) is 31.2 Å². The van der Waals surface area contributed by atoms with E-state index in [2.05, 4.69) is 11.8 Å². The molecule has 28 heavy (non-hydrogen) atoms. The van der Waals surface area contributed by atoms with Crippen molar-refractivity contribution in [1.29, 1.82) is 0 Å². The van der Waals surface area contributed by atoms with E-state index in [4.69, 9.17) is 14.7 Å². The van der Waals surface area contributed by atoms with Crippen molar-refractivity contribution in [3.8, 4) is 17.6 Å². The number of hydroxylamine groups is 1. The Morgan fingerprint density at radius 1 is 1.32 bits per heavy atom. The smallest absolute Gasteiger partial charge is 0.264 e. The van der Waals surface area contributed by atoms with Gasteiger partial charge in [0.1, 0.15) is 30.6 Å². The van der Waals surface area contributed by atoms with Crippen molar-refractivity contribution in [2.45, 2.75) is 36.2 Å². The number of nitrogens with zero attached hydrogens (tertiary/aromatic N) is 1. The van der Waals surface area contributed by atoms with E-state index in [1.165, 1.54) is 29.7 Å². The van der Waals surface area contributed by atoms with Crippen LogP contribution in [0.1, 0.15) is 6.92 Å². The van der Waals surface area contributed by atoms with E-state index in [1.54, 1.807) is 6.92 Å².